The predicted octanol–water partition coefficient (Wildman–Crippen LogP) is 2.73. The Morgan fingerprint density at radius 2 is 1.86 bits per heavy atom. The smallest absolute Gasteiger partial charge is 0.243 e. The fourth-order valence-corrected chi connectivity index (χ4v) is 6.98. The summed E-state index contributed by atoms with van der Waals surface area (Å²) in [7, 11) is -1.76. The number of hydrogen-bond donors (Lipinski definition) is 0. The predicted molar refractivity (Wildman–Crippen MR) is 84.5 cm³/mol. The van der Waals surface area contributed by atoms with Crippen molar-refractivity contribution in [3.63, 3.8) is 0 Å². The van der Waals surface area contributed by atoms with E-state index in [9.17, 15) is 8.42 Å². The Balaban J connectivity index is 1.69. The molecule has 1 heterocycles. The van der Waals surface area contributed by atoms with E-state index in [1.165, 1.54) is 19.3 Å². The van der Waals surface area contributed by atoms with E-state index in [2.05, 4.69) is 0 Å². The first-order valence-corrected chi connectivity index (χ1v) is 9.55. The van der Waals surface area contributed by atoms with Crippen molar-refractivity contribution in [2.75, 3.05) is 13.7 Å². The Kier molecular flexibility index (Phi) is 3.11. The van der Waals surface area contributed by atoms with E-state index in [1.807, 2.05) is 13.8 Å². The van der Waals surface area contributed by atoms with E-state index in [0.29, 0.717) is 16.7 Å². The fourth-order valence-electron chi connectivity index (χ4n) is 4.93. The summed E-state index contributed by atoms with van der Waals surface area (Å²) in [5.41, 5.74) is 1.72. The van der Waals surface area contributed by atoms with Gasteiger partial charge in [0.25, 0.3) is 0 Å². The van der Waals surface area contributed by atoms with Crippen LogP contribution in [0.25, 0.3) is 0 Å². The summed E-state index contributed by atoms with van der Waals surface area (Å²) in [6.07, 6.45) is 3.75. The second kappa shape index (κ2) is 4.71. The van der Waals surface area contributed by atoms with Gasteiger partial charge in [0.2, 0.25) is 10.0 Å². The number of nitrogens with zero attached hydrogens (tertiary/aromatic N) is 1. The topological polar surface area (TPSA) is 46.6 Å². The lowest BCUT2D eigenvalue weighted by molar-refractivity contribution is 0.0506. The van der Waals surface area contributed by atoms with Crippen molar-refractivity contribution in [3.8, 4) is 5.75 Å². The van der Waals surface area contributed by atoms with Crippen molar-refractivity contribution in [3.05, 3.63) is 23.3 Å². The van der Waals surface area contributed by atoms with Crippen LogP contribution in [0, 0.1) is 31.6 Å². The molecule has 4 nitrogen and oxygen atoms in total. The largest absolute Gasteiger partial charge is 0.496 e. The molecule has 1 aromatic carbocycles. The normalized spacial score (nSPS) is 33.6. The number of ether oxygens (including phenoxy) is 1. The molecule has 2 saturated carbocycles. The number of hydrogen-bond acceptors (Lipinski definition) is 3. The van der Waals surface area contributed by atoms with Crippen molar-refractivity contribution in [1.29, 1.82) is 0 Å². The molecule has 2 bridgehead atoms. The van der Waals surface area contributed by atoms with Gasteiger partial charge in [-0.05, 0) is 74.1 Å². The summed E-state index contributed by atoms with van der Waals surface area (Å²) in [4.78, 5) is 0.451. The minimum atomic E-state index is -3.38. The van der Waals surface area contributed by atoms with Gasteiger partial charge >= 0.3 is 0 Å². The van der Waals surface area contributed by atoms with Crippen LogP contribution in [0.4, 0.5) is 0 Å². The molecular weight excluding hydrogens is 298 g/mol. The molecule has 1 saturated heterocycles. The lowest BCUT2D eigenvalue weighted by Gasteiger charge is -2.49. The van der Waals surface area contributed by atoms with Crippen LogP contribution in [-0.2, 0) is 10.0 Å². The van der Waals surface area contributed by atoms with Crippen molar-refractivity contribution in [1.82, 2.24) is 4.31 Å². The minimum Gasteiger partial charge on any atom is -0.496 e. The molecule has 2 aliphatic carbocycles. The molecule has 120 valence electrons. The van der Waals surface area contributed by atoms with E-state index >= 15 is 0 Å². The number of methoxy groups -OCH3 is 1. The quantitative estimate of drug-likeness (QED) is 0.860. The lowest BCUT2D eigenvalue weighted by atomic mass is 9.79. The van der Waals surface area contributed by atoms with Gasteiger partial charge in [-0.15, -0.1) is 0 Å². The fraction of sp³-hybridized carbons (Fsp3) is 0.647. The Bertz CT molecular complexity index is 726. The van der Waals surface area contributed by atoms with Crippen LogP contribution in [0.1, 0.15) is 30.4 Å². The Labute approximate surface area is 132 Å². The summed E-state index contributed by atoms with van der Waals surface area (Å²) >= 11 is 0. The van der Waals surface area contributed by atoms with Gasteiger partial charge in [0.05, 0.1) is 12.0 Å². The van der Waals surface area contributed by atoms with Gasteiger partial charge in [-0.2, -0.15) is 4.31 Å². The highest BCUT2D eigenvalue weighted by molar-refractivity contribution is 7.89. The van der Waals surface area contributed by atoms with Crippen LogP contribution in [0.5, 0.6) is 5.75 Å². The highest BCUT2D eigenvalue weighted by atomic mass is 32.2. The van der Waals surface area contributed by atoms with E-state index in [1.54, 1.807) is 23.5 Å². The summed E-state index contributed by atoms with van der Waals surface area (Å²) in [5.74, 6) is 2.74. The van der Waals surface area contributed by atoms with Gasteiger partial charge in [0.1, 0.15) is 5.75 Å². The molecule has 4 rings (SSSR count). The van der Waals surface area contributed by atoms with E-state index < -0.39 is 10.0 Å². The lowest BCUT2D eigenvalue weighted by Crippen LogP contribution is -2.60. The molecule has 1 aromatic rings. The average Bonchev–Trinajstić information content (AvgIpc) is 2.97. The first kappa shape index (κ1) is 14.5. The molecule has 22 heavy (non-hydrogen) atoms. The third kappa shape index (κ3) is 1.75. The third-order valence-electron chi connectivity index (χ3n) is 6.26. The first-order chi connectivity index (χ1) is 10.4. The zero-order valence-electron chi connectivity index (χ0n) is 13.4. The molecule has 0 radical (unpaired) electrons. The Hall–Kier alpha value is -1.07. The van der Waals surface area contributed by atoms with E-state index in [-0.39, 0.29) is 6.04 Å². The summed E-state index contributed by atoms with van der Waals surface area (Å²) < 4.78 is 33.3. The SMILES string of the molecule is COc1ccc(S(=O)(=O)N2C[C@@H]3[C@H]4CC[C@@H](C4)[C@@H]32)c(C)c1C. The second-order valence-corrected chi connectivity index (χ2v) is 8.94. The van der Waals surface area contributed by atoms with Crippen molar-refractivity contribution in [2.24, 2.45) is 17.8 Å². The summed E-state index contributed by atoms with van der Waals surface area (Å²) in [5, 5.41) is 0. The maximum atomic E-state index is 13.1. The van der Waals surface area contributed by atoms with Crippen molar-refractivity contribution < 1.29 is 13.2 Å². The highest BCUT2D eigenvalue weighted by Crippen LogP contribution is 2.56. The van der Waals surface area contributed by atoms with Gasteiger partial charge < -0.3 is 4.74 Å². The maximum absolute atomic E-state index is 13.1. The van der Waals surface area contributed by atoms with Crippen LogP contribution in [-0.4, -0.2) is 32.4 Å². The molecule has 1 aliphatic heterocycles. The van der Waals surface area contributed by atoms with E-state index in [4.69, 9.17) is 4.74 Å². The van der Waals surface area contributed by atoms with Crippen LogP contribution < -0.4 is 4.74 Å². The monoisotopic (exact) mass is 321 g/mol. The maximum Gasteiger partial charge on any atom is 0.243 e. The molecule has 0 amide bonds. The van der Waals surface area contributed by atoms with Crippen molar-refractivity contribution >= 4 is 10.0 Å². The number of benzene rings is 1. The van der Waals surface area contributed by atoms with Gasteiger partial charge in [-0.1, -0.05) is 0 Å². The van der Waals surface area contributed by atoms with Crippen LogP contribution in [0.3, 0.4) is 0 Å². The van der Waals surface area contributed by atoms with E-state index in [0.717, 1.165) is 29.3 Å². The Morgan fingerprint density at radius 3 is 2.55 bits per heavy atom. The second-order valence-electron chi connectivity index (χ2n) is 7.08. The zero-order valence-corrected chi connectivity index (χ0v) is 14.2. The van der Waals surface area contributed by atoms with Crippen LogP contribution in [0.2, 0.25) is 0 Å². The molecule has 5 heteroatoms. The molecule has 0 unspecified atom stereocenters. The molecular formula is C17H23NO3S. The molecule has 0 aromatic heterocycles. The Morgan fingerprint density at radius 1 is 1.14 bits per heavy atom. The third-order valence-corrected chi connectivity index (χ3v) is 8.27. The van der Waals surface area contributed by atoms with Gasteiger partial charge in [0.15, 0.2) is 0 Å². The molecule has 4 atom stereocenters. The van der Waals surface area contributed by atoms with Crippen LogP contribution >= 0.6 is 0 Å². The standard InChI is InChI=1S/C17H23NO3S/c1-10-11(2)16(7-6-15(10)21-3)22(19,20)18-9-14-12-4-5-13(8-12)17(14)18/h6-7,12-14,17H,4-5,8-9H2,1-3H3/t12-,13-,14+,17-/m0/s1. The number of sulfonamides is 1. The molecule has 3 aliphatic rings. The average molecular weight is 321 g/mol. The first-order valence-electron chi connectivity index (χ1n) is 8.11. The van der Waals surface area contributed by atoms with Gasteiger partial charge in [0, 0.05) is 12.6 Å². The van der Waals surface area contributed by atoms with Gasteiger partial charge in [-0.25, -0.2) is 8.42 Å². The minimum absolute atomic E-state index is 0.269. The molecule has 0 N–H and O–H groups in total. The van der Waals surface area contributed by atoms with Gasteiger partial charge in [-0.3, -0.25) is 0 Å². The van der Waals surface area contributed by atoms with Crippen LogP contribution in [0.15, 0.2) is 17.0 Å². The van der Waals surface area contributed by atoms with Crippen molar-refractivity contribution in [2.45, 2.75) is 44.0 Å². The summed E-state index contributed by atoms with van der Waals surface area (Å²) in [6, 6.07) is 3.75. The zero-order chi connectivity index (χ0) is 15.6. The highest BCUT2D eigenvalue weighted by Gasteiger charge is 2.59. The molecule has 3 fully saturated rings. The number of fused-ring (bicyclic) bond motifs is 5. The summed E-state index contributed by atoms with van der Waals surface area (Å²) in [6.45, 7) is 4.52. The molecule has 0 spiro atoms. The number of rotatable bonds is 3.